The Balaban J connectivity index is 2.51. The summed E-state index contributed by atoms with van der Waals surface area (Å²) in [5.41, 5.74) is 0.748. The third kappa shape index (κ3) is 3.04. The first-order chi connectivity index (χ1) is 9.56. The van der Waals surface area contributed by atoms with Crippen LogP contribution in [-0.2, 0) is 0 Å². The van der Waals surface area contributed by atoms with Crippen LogP contribution in [0.3, 0.4) is 0 Å². The van der Waals surface area contributed by atoms with Crippen molar-refractivity contribution >= 4 is 37.7 Å². The van der Waals surface area contributed by atoms with E-state index in [0.29, 0.717) is 16.0 Å². The molecular weight excluding hydrogens is 390 g/mol. The van der Waals surface area contributed by atoms with Gasteiger partial charge in [-0.05, 0) is 50.9 Å². The lowest BCUT2D eigenvalue weighted by molar-refractivity contribution is 0.372. The molecule has 0 aliphatic heterocycles. The van der Waals surface area contributed by atoms with Gasteiger partial charge in [-0.3, -0.25) is 0 Å². The lowest BCUT2D eigenvalue weighted by atomic mass is 10.2. The predicted molar refractivity (Wildman–Crippen MR) is 85.2 cm³/mol. The maximum atomic E-state index is 9.82. The molecule has 0 saturated carbocycles. The van der Waals surface area contributed by atoms with Gasteiger partial charge in [0.15, 0.2) is 17.3 Å². The average molecular weight is 403 g/mol. The highest BCUT2D eigenvalue weighted by Crippen LogP contribution is 2.38. The van der Waals surface area contributed by atoms with Crippen molar-refractivity contribution in [2.45, 2.75) is 6.92 Å². The molecule has 5 nitrogen and oxygen atoms in total. The van der Waals surface area contributed by atoms with Crippen molar-refractivity contribution in [2.24, 2.45) is 0 Å². The van der Waals surface area contributed by atoms with Crippen LogP contribution >= 0.6 is 31.9 Å². The summed E-state index contributed by atoms with van der Waals surface area (Å²) in [4.78, 5) is 8.73. The Morgan fingerprint density at radius 1 is 1.30 bits per heavy atom. The molecule has 1 heterocycles. The fourth-order valence-corrected chi connectivity index (χ4v) is 2.43. The lowest BCUT2D eigenvalue weighted by Gasteiger charge is -2.10. The molecule has 2 N–H and O–H groups in total. The number of phenols is 1. The zero-order valence-corrected chi connectivity index (χ0v) is 14.1. The Bertz CT molecular complexity index is 635. The van der Waals surface area contributed by atoms with Crippen LogP contribution in [0.1, 0.15) is 6.92 Å². The quantitative estimate of drug-likeness (QED) is 0.813. The first-order valence-electron chi connectivity index (χ1n) is 5.90. The SMILES string of the molecule is CCNc1nc(-c2cc(Br)c(O)c(OC)c2)ncc1Br. The molecule has 0 radical (unpaired) electrons. The number of halogens is 2. The summed E-state index contributed by atoms with van der Waals surface area (Å²) in [6.45, 7) is 2.76. The lowest BCUT2D eigenvalue weighted by Crippen LogP contribution is -2.02. The normalized spacial score (nSPS) is 10.4. The minimum atomic E-state index is 0.0558. The standard InChI is InChI=1S/C13H13Br2N3O2/c1-3-16-13-9(15)6-17-12(18-13)7-4-8(14)11(19)10(5-7)20-2/h4-6,19H,3H2,1-2H3,(H,16,17,18). The van der Waals surface area contributed by atoms with Gasteiger partial charge >= 0.3 is 0 Å². The number of aromatic nitrogens is 2. The Hall–Kier alpha value is -1.34. The summed E-state index contributed by atoms with van der Waals surface area (Å²) in [5.74, 6) is 1.69. The second kappa shape index (κ2) is 6.41. The number of hydrogen-bond acceptors (Lipinski definition) is 5. The molecule has 1 aromatic heterocycles. The number of benzene rings is 1. The largest absolute Gasteiger partial charge is 0.503 e. The molecular formula is C13H13Br2N3O2. The van der Waals surface area contributed by atoms with Crippen molar-refractivity contribution in [3.05, 3.63) is 27.3 Å². The molecule has 2 aromatic rings. The number of ether oxygens (including phenoxy) is 1. The summed E-state index contributed by atoms with van der Waals surface area (Å²) in [6.07, 6.45) is 1.69. The van der Waals surface area contributed by atoms with E-state index in [1.807, 2.05) is 6.92 Å². The molecule has 2 rings (SSSR count). The fraction of sp³-hybridized carbons (Fsp3) is 0.231. The molecule has 1 aromatic carbocycles. The van der Waals surface area contributed by atoms with Crippen molar-refractivity contribution < 1.29 is 9.84 Å². The third-order valence-electron chi connectivity index (χ3n) is 2.59. The molecule has 0 fully saturated rings. The van der Waals surface area contributed by atoms with Gasteiger partial charge in [-0.25, -0.2) is 9.97 Å². The van der Waals surface area contributed by atoms with Crippen LogP contribution in [0.25, 0.3) is 11.4 Å². The second-order valence-electron chi connectivity index (χ2n) is 3.93. The molecule has 106 valence electrons. The molecule has 20 heavy (non-hydrogen) atoms. The summed E-state index contributed by atoms with van der Waals surface area (Å²) in [6, 6.07) is 3.44. The van der Waals surface area contributed by atoms with Crippen LogP contribution in [0.2, 0.25) is 0 Å². The van der Waals surface area contributed by atoms with Crippen LogP contribution in [0.15, 0.2) is 27.3 Å². The highest BCUT2D eigenvalue weighted by molar-refractivity contribution is 9.11. The molecule has 7 heteroatoms. The van der Waals surface area contributed by atoms with Gasteiger partial charge < -0.3 is 15.2 Å². The predicted octanol–water partition coefficient (Wildman–Crippen LogP) is 3.81. The number of anilines is 1. The monoisotopic (exact) mass is 401 g/mol. The van der Waals surface area contributed by atoms with Gasteiger partial charge in [-0.1, -0.05) is 0 Å². The average Bonchev–Trinajstić information content (AvgIpc) is 2.44. The van der Waals surface area contributed by atoms with E-state index in [9.17, 15) is 5.11 Å². The van der Waals surface area contributed by atoms with Gasteiger partial charge in [0.2, 0.25) is 0 Å². The number of nitrogens with one attached hydrogen (secondary N) is 1. The fourth-order valence-electron chi connectivity index (χ4n) is 1.66. The minimum absolute atomic E-state index is 0.0558. The van der Waals surface area contributed by atoms with E-state index in [0.717, 1.165) is 22.4 Å². The molecule has 0 spiro atoms. The van der Waals surface area contributed by atoms with Crippen molar-refractivity contribution in [3.63, 3.8) is 0 Å². The number of methoxy groups -OCH3 is 1. The number of aromatic hydroxyl groups is 1. The molecule has 0 unspecified atom stereocenters. The van der Waals surface area contributed by atoms with E-state index in [-0.39, 0.29) is 5.75 Å². The summed E-state index contributed by atoms with van der Waals surface area (Å²) < 4.78 is 6.46. The molecule has 0 saturated heterocycles. The first-order valence-corrected chi connectivity index (χ1v) is 7.48. The van der Waals surface area contributed by atoms with Gasteiger partial charge in [0.05, 0.1) is 16.1 Å². The second-order valence-corrected chi connectivity index (χ2v) is 5.64. The van der Waals surface area contributed by atoms with Crippen molar-refractivity contribution in [2.75, 3.05) is 19.0 Å². The van der Waals surface area contributed by atoms with E-state index in [1.54, 1.807) is 18.3 Å². The molecule has 0 aliphatic rings. The van der Waals surface area contributed by atoms with E-state index >= 15 is 0 Å². The van der Waals surface area contributed by atoms with Crippen LogP contribution in [-0.4, -0.2) is 28.7 Å². The topological polar surface area (TPSA) is 67.3 Å². The minimum Gasteiger partial charge on any atom is -0.503 e. The van der Waals surface area contributed by atoms with Crippen molar-refractivity contribution in [1.29, 1.82) is 0 Å². The van der Waals surface area contributed by atoms with Crippen LogP contribution in [0.5, 0.6) is 11.5 Å². The van der Waals surface area contributed by atoms with Crippen LogP contribution in [0, 0.1) is 0 Å². The number of phenolic OH excluding ortho intramolecular Hbond substituents is 1. The molecule has 0 amide bonds. The highest BCUT2D eigenvalue weighted by atomic mass is 79.9. The maximum absolute atomic E-state index is 9.82. The molecule has 0 aliphatic carbocycles. The van der Waals surface area contributed by atoms with Gasteiger partial charge in [-0.15, -0.1) is 0 Å². The van der Waals surface area contributed by atoms with Crippen LogP contribution < -0.4 is 10.1 Å². The van der Waals surface area contributed by atoms with Gasteiger partial charge in [0.1, 0.15) is 5.82 Å². The molecule has 0 atom stereocenters. The third-order valence-corrected chi connectivity index (χ3v) is 3.78. The molecule has 0 bridgehead atoms. The van der Waals surface area contributed by atoms with Gasteiger partial charge in [-0.2, -0.15) is 0 Å². The number of rotatable bonds is 4. The Kier molecular flexibility index (Phi) is 4.82. The smallest absolute Gasteiger partial charge is 0.172 e. The first kappa shape index (κ1) is 15.1. The number of nitrogens with zero attached hydrogens (tertiary/aromatic N) is 2. The summed E-state index contributed by atoms with van der Waals surface area (Å²) >= 11 is 6.69. The highest BCUT2D eigenvalue weighted by Gasteiger charge is 2.13. The Labute approximate surface area is 133 Å². The van der Waals surface area contributed by atoms with E-state index in [4.69, 9.17) is 4.74 Å². The Morgan fingerprint density at radius 3 is 2.70 bits per heavy atom. The van der Waals surface area contributed by atoms with E-state index < -0.39 is 0 Å². The van der Waals surface area contributed by atoms with Gasteiger partial charge in [0.25, 0.3) is 0 Å². The number of hydrogen-bond donors (Lipinski definition) is 2. The zero-order valence-electron chi connectivity index (χ0n) is 10.9. The maximum Gasteiger partial charge on any atom is 0.172 e. The van der Waals surface area contributed by atoms with Gasteiger partial charge in [0, 0.05) is 18.3 Å². The Morgan fingerprint density at radius 2 is 2.05 bits per heavy atom. The summed E-state index contributed by atoms with van der Waals surface area (Å²) in [5, 5.41) is 13.0. The van der Waals surface area contributed by atoms with E-state index in [1.165, 1.54) is 7.11 Å². The zero-order chi connectivity index (χ0) is 14.7. The summed E-state index contributed by atoms with van der Waals surface area (Å²) in [7, 11) is 1.50. The van der Waals surface area contributed by atoms with Crippen LogP contribution in [0.4, 0.5) is 5.82 Å². The van der Waals surface area contributed by atoms with Crippen molar-refractivity contribution in [1.82, 2.24) is 9.97 Å². The van der Waals surface area contributed by atoms with E-state index in [2.05, 4.69) is 47.1 Å². The van der Waals surface area contributed by atoms with Crippen molar-refractivity contribution in [3.8, 4) is 22.9 Å².